The van der Waals surface area contributed by atoms with Gasteiger partial charge >= 0.3 is 5.97 Å². The highest BCUT2D eigenvalue weighted by Gasteiger charge is 2.31. The second-order valence-corrected chi connectivity index (χ2v) is 13.1. The third kappa shape index (κ3) is 7.12. The number of fused-ring (bicyclic) bond motifs is 1. The highest BCUT2D eigenvalue weighted by molar-refractivity contribution is 14.1. The number of hydrogen-bond donors (Lipinski definition) is 0. The molecule has 238 valence electrons. The number of methoxy groups -OCH3 is 1. The molecule has 5 rings (SSSR count). The molecule has 3 aromatic carbocycles. The number of nitro groups is 1. The number of benzene rings is 3. The van der Waals surface area contributed by atoms with E-state index in [1.807, 2.05) is 26.0 Å². The van der Waals surface area contributed by atoms with Crippen molar-refractivity contribution in [3.8, 4) is 17.2 Å². The van der Waals surface area contributed by atoms with Crippen LogP contribution in [0.2, 0.25) is 0 Å². The minimum absolute atomic E-state index is 0.0186. The van der Waals surface area contributed by atoms with Gasteiger partial charge in [-0.05, 0) is 118 Å². The van der Waals surface area contributed by atoms with Crippen molar-refractivity contribution in [3.05, 3.63) is 120 Å². The van der Waals surface area contributed by atoms with Gasteiger partial charge in [-0.25, -0.2) is 9.79 Å². The highest BCUT2D eigenvalue weighted by atomic mass is 127. The lowest BCUT2D eigenvalue weighted by molar-refractivity contribution is -0.384. The second kappa shape index (κ2) is 14.8. The maximum atomic E-state index is 14.0. The van der Waals surface area contributed by atoms with Crippen molar-refractivity contribution in [3.63, 3.8) is 0 Å². The van der Waals surface area contributed by atoms with Gasteiger partial charge in [-0.15, -0.1) is 0 Å². The number of carbonyl (C=O) groups excluding carboxylic acids is 1. The lowest BCUT2D eigenvalue weighted by atomic mass is 9.97. The normalized spacial score (nSPS) is 14.2. The monoisotopic (exact) mass is 867 g/mol. The Hall–Kier alpha value is -3.77. The van der Waals surface area contributed by atoms with E-state index in [9.17, 15) is 19.7 Å². The van der Waals surface area contributed by atoms with Gasteiger partial charge in [-0.2, -0.15) is 0 Å². The predicted octanol–water partition coefficient (Wildman–Crippen LogP) is 5.51. The fraction of sp³-hybridized carbons (Fsp3) is 0.219. The molecule has 1 aromatic heterocycles. The molecule has 1 atom stereocenters. The molecule has 14 heteroatoms. The molecule has 2 heterocycles. The lowest BCUT2D eigenvalue weighted by Gasteiger charge is -2.23. The second-order valence-electron chi connectivity index (χ2n) is 9.77. The molecule has 1 aliphatic rings. The first kappa shape index (κ1) is 33.6. The molecule has 0 aliphatic carbocycles. The molecule has 0 amide bonds. The minimum Gasteiger partial charge on any atom is -0.490 e. The van der Waals surface area contributed by atoms with Crippen LogP contribution in [-0.4, -0.2) is 35.8 Å². The highest BCUT2D eigenvalue weighted by Crippen LogP contribution is 2.35. The first-order chi connectivity index (χ1) is 22.1. The fourth-order valence-corrected chi connectivity index (χ4v) is 7.91. The first-order valence-electron chi connectivity index (χ1n) is 14.0. The quantitative estimate of drug-likeness (QED) is 0.0836. The van der Waals surface area contributed by atoms with Crippen molar-refractivity contribution in [2.24, 2.45) is 4.99 Å². The van der Waals surface area contributed by atoms with Gasteiger partial charge in [0.05, 0.1) is 48.5 Å². The summed E-state index contributed by atoms with van der Waals surface area (Å²) in [6.07, 6.45) is 3.24. The number of ether oxygens (including phenoxy) is 4. The van der Waals surface area contributed by atoms with Gasteiger partial charge in [0.15, 0.2) is 16.3 Å². The van der Waals surface area contributed by atoms with Crippen LogP contribution in [0.3, 0.4) is 0 Å². The van der Waals surface area contributed by atoms with Crippen LogP contribution in [0.25, 0.3) is 6.08 Å². The van der Waals surface area contributed by atoms with Gasteiger partial charge in [0, 0.05) is 18.3 Å². The van der Waals surface area contributed by atoms with Gasteiger partial charge in [-0.3, -0.25) is 19.5 Å². The molecule has 0 fully saturated rings. The lowest BCUT2D eigenvalue weighted by Crippen LogP contribution is -2.39. The van der Waals surface area contributed by atoms with Crippen molar-refractivity contribution >= 4 is 74.3 Å². The van der Waals surface area contributed by atoms with E-state index in [4.69, 9.17) is 18.9 Å². The largest absolute Gasteiger partial charge is 0.490 e. The van der Waals surface area contributed by atoms with Crippen molar-refractivity contribution in [2.75, 3.05) is 20.3 Å². The topological polar surface area (TPSA) is 131 Å². The Kier molecular flexibility index (Phi) is 10.8. The van der Waals surface area contributed by atoms with E-state index >= 15 is 0 Å². The number of carbonyl (C=O) groups is 1. The first-order valence-corrected chi connectivity index (χ1v) is 17.0. The van der Waals surface area contributed by atoms with Gasteiger partial charge < -0.3 is 18.9 Å². The van der Waals surface area contributed by atoms with Crippen molar-refractivity contribution in [2.45, 2.75) is 26.5 Å². The molecule has 0 N–H and O–H groups in total. The van der Waals surface area contributed by atoms with E-state index < -0.39 is 16.9 Å². The SMILES string of the molecule is CCOc1ccc([C@@H]2C(C(=O)OC)=CN=c3s/c(=C\c4cc(I)c(OCc5ccc([N+](=O)[O-])cc5)c(I)c4)c(=O)n32)cc1OCC. The summed E-state index contributed by atoms with van der Waals surface area (Å²) in [5.74, 6) is 1.14. The summed E-state index contributed by atoms with van der Waals surface area (Å²) in [6, 6.07) is 14.6. The maximum Gasteiger partial charge on any atom is 0.337 e. The van der Waals surface area contributed by atoms with Crippen LogP contribution in [0.5, 0.6) is 17.2 Å². The number of nitro benzene ring substituents is 1. The Morgan fingerprint density at radius 1 is 1.02 bits per heavy atom. The summed E-state index contributed by atoms with van der Waals surface area (Å²) in [4.78, 5) is 42.2. The van der Waals surface area contributed by atoms with Crippen LogP contribution in [0, 0.1) is 17.3 Å². The number of nitrogens with zero attached hydrogens (tertiary/aromatic N) is 3. The molecule has 1 aliphatic heterocycles. The van der Waals surface area contributed by atoms with Crippen LogP contribution in [0.15, 0.2) is 76.2 Å². The molecule has 46 heavy (non-hydrogen) atoms. The molecule has 0 bridgehead atoms. The number of thiazole rings is 1. The van der Waals surface area contributed by atoms with Crippen LogP contribution < -0.4 is 29.1 Å². The molecular weight excluding hydrogens is 840 g/mol. The van der Waals surface area contributed by atoms with Gasteiger partial charge in [0.25, 0.3) is 11.2 Å². The van der Waals surface area contributed by atoms with Crippen LogP contribution >= 0.6 is 56.5 Å². The molecule has 0 saturated heterocycles. The predicted molar refractivity (Wildman–Crippen MR) is 189 cm³/mol. The van der Waals surface area contributed by atoms with Crippen molar-refractivity contribution in [1.29, 1.82) is 0 Å². The summed E-state index contributed by atoms with van der Waals surface area (Å²) in [6.45, 7) is 4.84. The summed E-state index contributed by atoms with van der Waals surface area (Å²) in [5, 5.41) is 10.9. The average molecular weight is 867 g/mol. The molecule has 0 radical (unpaired) electrons. The van der Waals surface area contributed by atoms with Gasteiger partial charge in [0.2, 0.25) is 0 Å². The summed E-state index contributed by atoms with van der Waals surface area (Å²) in [5.41, 5.74) is 2.15. The van der Waals surface area contributed by atoms with E-state index in [2.05, 4.69) is 50.2 Å². The Bertz CT molecular complexity index is 2000. The fourth-order valence-electron chi connectivity index (χ4n) is 4.81. The molecule has 4 aromatic rings. The number of hydrogen-bond acceptors (Lipinski definition) is 10. The summed E-state index contributed by atoms with van der Waals surface area (Å²) in [7, 11) is 1.29. The molecular formula is C32H27I2N3O8S. The van der Waals surface area contributed by atoms with Crippen LogP contribution in [0.1, 0.15) is 36.6 Å². The van der Waals surface area contributed by atoms with Gasteiger partial charge in [0.1, 0.15) is 12.4 Å². The number of aromatic nitrogens is 1. The van der Waals surface area contributed by atoms with Crippen LogP contribution in [-0.2, 0) is 16.1 Å². The molecule has 11 nitrogen and oxygen atoms in total. The van der Waals surface area contributed by atoms with Crippen molar-refractivity contribution in [1.82, 2.24) is 4.57 Å². The number of esters is 1. The van der Waals surface area contributed by atoms with Crippen molar-refractivity contribution < 1.29 is 28.7 Å². The smallest absolute Gasteiger partial charge is 0.337 e. The standard InChI is InChI=1S/C32H27I2N3O8S/c1-4-43-25-11-8-20(15-26(25)44-5-2)28-22(31(39)42-3)16-35-32-36(28)30(38)27(46-32)14-19-12-23(33)29(24(34)13-19)45-17-18-6-9-21(10-7-18)37(40)41/h6-16,28H,4-5,17H2,1-3H3/b27-14-/t28-/m1/s1. The summed E-state index contributed by atoms with van der Waals surface area (Å²) < 4.78 is 26.3. The maximum absolute atomic E-state index is 14.0. The average Bonchev–Trinajstić information content (AvgIpc) is 3.35. The Balaban J connectivity index is 1.51. The van der Waals surface area contributed by atoms with Gasteiger partial charge in [-0.1, -0.05) is 17.4 Å². The van der Waals surface area contributed by atoms with E-state index in [1.165, 1.54) is 41.3 Å². The molecule has 0 saturated carbocycles. The van der Waals surface area contributed by atoms with Crippen LogP contribution in [0.4, 0.5) is 5.69 Å². The number of non-ortho nitro benzene ring substituents is 1. The van der Waals surface area contributed by atoms with E-state index in [0.717, 1.165) is 18.3 Å². The third-order valence-electron chi connectivity index (χ3n) is 6.86. The zero-order valence-corrected chi connectivity index (χ0v) is 30.0. The Morgan fingerprint density at radius 2 is 1.70 bits per heavy atom. The summed E-state index contributed by atoms with van der Waals surface area (Å²) >= 11 is 5.58. The van der Waals surface area contributed by atoms with E-state index in [-0.39, 0.29) is 23.4 Å². The van der Waals surface area contributed by atoms with E-state index in [0.29, 0.717) is 45.4 Å². The third-order valence-corrected chi connectivity index (χ3v) is 9.46. The number of rotatable bonds is 11. The Morgan fingerprint density at radius 3 is 2.33 bits per heavy atom. The zero-order valence-electron chi connectivity index (χ0n) is 24.8. The Labute approximate surface area is 294 Å². The minimum atomic E-state index is -0.795. The molecule has 0 spiro atoms. The number of halogens is 2. The zero-order chi connectivity index (χ0) is 33.0. The van der Waals surface area contributed by atoms with E-state index in [1.54, 1.807) is 36.4 Å². The molecule has 0 unspecified atom stereocenters.